The zero-order chi connectivity index (χ0) is 24.1. The highest BCUT2D eigenvalue weighted by molar-refractivity contribution is 5.96. The van der Waals surface area contributed by atoms with E-state index in [1.807, 2.05) is 60.5 Å². The van der Waals surface area contributed by atoms with Gasteiger partial charge in [0, 0.05) is 38.8 Å². The number of aliphatic carboxylic acids is 1. The van der Waals surface area contributed by atoms with Crippen LogP contribution in [0.15, 0.2) is 48.5 Å². The van der Waals surface area contributed by atoms with Crippen LogP contribution in [0.2, 0.25) is 0 Å². The van der Waals surface area contributed by atoms with Crippen molar-refractivity contribution in [1.29, 1.82) is 0 Å². The van der Waals surface area contributed by atoms with Crippen molar-refractivity contribution < 1.29 is 19.5 Å². The predicted molar refractivity (Wildman–Crippen MR) is 131 cm³/mol. The van der Waals surface area contributed by atoms with Crippen LogP contribution in [0.25, 0.3) is 0 Å². The molecule has 3 amide bonds. The van der Waals surface area contributed by atoms with Crippen LogP contribution < -0.4 is 5.32 Å². The maximum Gasteiger partial charge on any atom is 0.320 e. The Balaban J connectivity index is 1.47. The third kappa shape index (κ3) is 5.76. The summed E-state index contributed by atoms with van der Waals surface area (Å²) >= 11 is 0. The maximum absolute atomic E-state index is 13.5. The average Bonchev–Trinajstić information content (AvgIpc) is 3.45. The zero-order valence-corrected chi connectivity index (χ0v) is 19.7. The zero-order valence-electron chi connectivity index (χ0n) is 19.7. The highest BCUT2D eigenvalue weighted by Crippen LogP contribution is 2.38. The Hall–Kier alpha value is -3.35. The van der Waals surface area contributed by atoms with E-state index in [2.05, 4.69) is 5.32 Å². The number of hydrogen-bond acceptors (Lipinski definition) is 3. The van der Waals surface area contributed by atoms with Gasteiger partial charge in [-0.1, -0.05) is 49.2 Å². The van der Waals surface area contributed by atoms with Crippen molar-refractivity contribution in [1.82, 2.24) is 9.80 Å². The van der Waals surface area contributed by atoms with Crippen LogP contribution in [-0.2, 0) is 22.6 Å². The Morgan fingerprint density at radius 2 is 1.79 bits per heavy atom. The minimum atomic E-state index is -0.833. The predicted octanol–water partition coefficient (Wildman–Crippen LogP) is 4.48. The molecular formula is C27H33N3O4. The molecule has 1 saturated carbocycles. The van der Waals surface area contributed by atoms with E-state index < -0.39 is 5.97 Å². The first kappa shape index (κ1) is 23.8. The molecule has 0 bridgehead atoms. The Kier molecular flexibility index (Phi) is 7.50. The molecule has 7 heteroatoms. The van der Waals surface area contributed by atoms with Crippen LogP contribution in [0.4, 0.5) is 10.5 Å². The molecule has 7 nitrogen and oxygen atoms in total. The lowest BCUT2D eigenvalue weighted by Crippen LogP contribution is -2.29. The Morgan fingerprint density at radius 3 is 2.44 bits per heavy atom. The number of nitrogens with zero attached hydrogens (tertiary/aromatic N) is 2. The van der Waals surface area contributed by atoms with Gasteiger partial charge in [-0.3, -0.25) is 9.59 Å². The first-order chi connectivity index (χ1) is 16.4. The number of benzene rings is 2. The van der Waals surface area contributed by atoms with Crippen molar-refractivity contribution in [2.75, 3.05) is 25.5 Å². The van der Waals surface area contributed by atoms with Gasteiger partial charge in [0.25, 0.3) is 0 Å². The molecule has 1 atom stereocenters. The molecule has 4 rings (SSSR count). The molecule has 1 aliphatic heterocycles. The number of carboxylic acids is 1. The summed E-state index contributed by atoms with van der Waals surface area (Å²) < 4.78 is 0. The van der Waals surface area contributed by atoms with Gasteiger partial charge in [0.05, 0.1) is 5.92 Å². The molecule has 1 aliphatic carbocycles. The molecule has 180 valence electrons. The van der Waals surface area contributed by atoms with Gasteiger partial charge in [0.2, 0.25) is 5.91 Å². The highest BCUT2D eigenvalue weighted by atomic mass is 16.4. The van der Waals surface area contributed by atoms with Crippen LogP contribution in [-0.4, -0.2) is 53.0 Å². The normalized spacial score (nSPS) is 17.3. The second kappa shape index (κ2) is 10.7. The summed E-state index contributed by atoms with van der Waals surface area (Å²) in [5.74, 6) is -0.791. The fourth-order valence-electron chi connectivity index (χ4n) is 5.11. The Morgan fingerprint density at radius 1 is 1.06 bits per heavy atom. The van der Waals surface area contributed by atoms with Gasteiger partial charge >= 0.3 is 12.0 Å². The highest BCUT2D eigenvalue weighted by Gasteiger charge is 2.32. The molecule has 2 fully saturated rings. The standard InChI is InChI=1S/C27H33N3O4/c1-29-15-16-30(27(29)34)18-20-9-12-22(13-10-20)25(21-6-2-3-7-21)26(33)28-23-8-4-5-19(17-23)11-14-24(31)32/h4-5,8-10,12-13,17,21,25H,2-3,6-7,11,14-16,18H2,1H3,(H,28,33)(H,31,32). The quantitative estimate of drug-likeness (QED) is 0.574. The van der Waals surface area contributed by atoms with E-state index in [9.17, 15) is 14.4 Å². The fraction of sp³-hybridized carbons (Fsp3) is 0.444. The third-order valence-corrected chi connectivity index (χ3v) is 6.99. The first-order valence-electron chi connectivity index (χ1n) is 12.1. The van der Waals surface area contributed by atoms with Crippen LogP contribution in [0.5, 0.6) is 0 Å². The van der Waals surface area contributed by atoms with Gasteiger partial charge in [-0.05, 0) is 54.0 Å². The summed E-state index contributed by atoms with van der Waals surface area (Å²) in [6.45, 7) is 2.06. The molecule has 2 aliphatic rings. The number of anilines is 1. The summed E-state index contributed by atoms with van der Waals surface area (Å²) in [5, 5.41) is 12.0. The van der Waals surface area contributed by atoms with Crippen LogP contribution in [0.1, 0.15) is 54.7 Å². The summed E-state index contributed by atoms with van der Waals surface area (Å²) in [7, 11) is 1.82. The smallest absolute Gasteiger partial charge is 0.320 e. The largest absolute Gasteiger partial charge is 0.481 e. The Bertz CT molecular complexity index is 1030. The molecule has 1 unspecified atom stereocenters. The SMILES string of the molecule is CN1CCN(Cc2ccc(C(C(=O)Nc3cccc(CCC(=O)O)c3)C3CCCC3)cc2)C1=O. The van der Waals surface area contributed by atoms with Gasteiger partial charge in [-0.2, -0.15) is 0 Å². The Labute approximate surface area is 200 Å². The van der Waals surface area contributed by atoms with Gasteiger partial charge in [0.15, 0.2) is 0 Å². The number of urea groups is 1. The molecule has 1 heterocycles. The van der Waals surface area contributed by atoms with Crippen molar-refractivity contribution in [2.45, 2.75) is 51.0 Å². The monoisotopic (exact) mass is 463 g/mol. The number of hydrogen-bond donors (Lipinski definition) is 2. The fourth-order valence-corrected chi connectivity index (χ4v) is 5.11. The summed E-state index contributed by atoms with van der Waals surface area (Å²) in [6.07, 6.45) is 4.85. The summed E-state index contributed by atoms with van der Waals surface area (Å²) in [4.78, 5) is 40.1. The van der Waals surface area contributed by atoms with E-state index >= 15 is 0 Å². The van der Waals surface area contributed by atoms with Crippen molar-refractivity contribution in [3.63, 3.8) is 0 Å². The molecule has 2 N–H and O–H groups in total. The average molecular weight is 464 g/mol. The van der Waals surface area contributed by atoms with E-state index in [0.717, 1.165) is 55.5 Å². The first-order valence-corrected chi connectivity index (χ1v) is 12.1. The van der Waals surface area contributed by atoms with Gasteiger partial charge in [-0.25, -0.2) is 4.79 Å². The molecule has 0 aromatic heterocycles. The van der Waals surface area contributed by atoms with Crippen molar-refractivity contribution in [3.8, 4) is 0 Å². The van der Waals surface area contributed by atoms with E-state index in [-0.39, 0.29) is 24.3 Å². The van der Waals surface area contributed by atoms with Crippen LogP contribution in [0.3, 0.4) is 0 Å². The number of amides is 3. The van der Waals surface area contributed by atoms with Gasteiger partial charge in [-0.15, -0.1) is 0 Å². The second-order valence-electron chi connectivity index (χ2n) is 9.47. The minimum Gasteiger partial charge on any atom is -0.481 e. The van der Waals surface area contributed by atoms with Gasteiger partial charge in [0.1, 0.15) is 0 Å². The van der Waals surface area contributed by atoms with E-state index in [1.54, 1.807) is 4.90 Å². The van der Waals surface area contributed by atoms with Crippen LogP contribution >= 0.6 is 0 Å². The second-order valence-corrected chi connectivity index (χ2v) is 9.47. The number of carbonyl (C=O) groups is 3. The topological polar surface area (TPSA) is 89.9 Å². The summed E-state index contributed by atoms with van der Waals surface area (Å²) in [6, 6.07) is 15.6. The molecular weight excluding hydrogens is 430 g/mol. The number of likely N-dealkylation sites (N-methyl/N-ethyl adjacent to an activating group) is 1. The lowest BCUT2D eigenvalue weighted by atomic mass is 9.83. The molecule has 2 aromatic rings. The number of nitrogens with one attached hydrogen (secondary N) is 1. The summed E-state index contributed by atoms with van der Waals surface area (Å²) in [5.41, 5.74) is 3.65. The number of aryl methyl sites for hydroxylation is 1. The third-order valence-electron chi connectivity index (χ3n) is 6.99. The number of carboxylic acid groups (broad SMARTS) is 1. The number of rotatable bonds is 9. The van der Waals surface area contributed by atoms with Crippen molar-refractivity contribution >= 4 is 23.6 Å². The molecule has 34 heavy (non-hydrogen) atoms. The molecule has 0 radical (unpaired) electrons. The molecule has 2 aromatic carbocycles. The van der Waals surface area contributed by atoms with E-state index in [1.165, 1.54) is 0 Å². The number of carbonyl (C=O) groups excluding carboxylic acids is 2. The maximum atomic E-state index is 13.5. The van der Waals surface area contributed by atoms with Gasteiger partial charge < -0.3 is 20.2 Å². The molecule has 1 saturated heterocycles. The molecule has 0 spiro atoms. The van der Waals surface area contributed by atoms with Crippen LogP contribution in [0, 0.1) is 5.92 Å². The van der Waals surface area contributed by atoms with Crippen molar-refractivity contribution in [3.05, 3.63) is 65.2 Å². The van der Waals surface area contributed by atoms with Crippen molar-refractivity contribution in [2.24, 2.45) is 5.92 Å². The lowest BCUT2D eigenvalue weighted by molar-refractivity contribution is -0.137. The minimum absolute atomic E-state index is 0.0219. The van der Waals surface area contributed by atoms with E-state index in [4.69, 9.17) is 5.11 Å². The van der Waals surface area contributed by atoms with E-state index in [0.29, 0.717) is 24.6 Å². The lowest BCUT2D eigenvalue weighted by Gasteiger charge is -2.24.